The minimum atomic E-state index is -0.941. The summed E-state index contributed by atoms with van der Waals surface area (Å²) in [6.45, 7) is 1.92. The van der Waals surface area contributed by atoms with Gasteiger partial charge < -0.3 is 5.11 Å². The Kier molecular flexibility index (Phi) is 3.82. The van der Waals surface area contributed by atoms with Crippen LogP contribution in [0.4, 0.5) is 0 Å². The number of carboxylic acids is 1. The smallest absolute Gasteiger partial charge is 0.347 e. The van der Waals surface area contributed by atoms with Crippen molar-refractivity contribution in [3.05, 3.63) is 76.6 Å². The number of rotatable bonds is 4. The highest BCUT2D eigenvalue weighted by atomic mass is 32.1. The fraction of sp³-hybridized carbons (Fsp3) is 0.105. The summed E-state index contributed by atoms with van der Waals surface area (Å²) in [7, 11) is 0. The Morgan fingerprint density at radius 1 is 1.16 bits per heavy atom. The Morgan fingerprint density at radius 3 is 2.68 bits per heavy atom. The van der Waals surface area contributed by atoms with Gasteiger partial charge in [0.05, 0.1) is 22.5 Å². The van der Waals surface area contributed by atoms with Crippen LogP contribution in [0.1, 0.15) is 26.6 Å². The molecule has 5 nitrogen and oxygen atoms in total. The van der Waals surface area contributed by atoms with Crippen LogP contribution in [0.25, 0.3) is 16.1 Å². The van der Waals surface area contributed by atoms with E-state index < -0.39 is 5.97 Å². The third-order valence-electron chi connectivity index (χ3n) is 4.03. The Labute approximate surface area is 148 Å². The molecule has 0 radical (unpaired) electrons. The van der Waals surface area contributed by atoms with Gasteiger partial charge in [0.25, 0.3) is 0 Å². The second-order valence-electron chi connectivity index (χ2n) is 5.75. The summed E-state index contributed by atoms with van der Waals surface area (Å²) in [5.41, 5.74) is 4.29. The van der Waals surface area contributed by atoms with E-state index >= 15 is 0 Å². The van der Waals surface area contributed by atoms with E-state index in [-0.39, 0.29) is 4.88 Å². The van der Waals surface area contributed by atoms with Crippen LogP contribution in [0, 0.1) is 6.92 Å². The second kappa shape index (κ2) is 6.14. The van der Waals surface area contributed by atoms with Crippen molar-refractivity contribution < 1.29 is 9.90 Å². The Hall–Kier alpha value is -2.99. The summed E-state index contributed by atoms with van der Waals surface area (Å²) in [4.78, 5) is 16.6. The number of fused-ring (bicyclic) bond motifs is 1. The zero-order chi connectivity index (χ0) is 17.4. The van der Waals surface area contributed by atoms with E-state index in [1.54, 1.807) is 4.52 Å². The summed E-state index contributed by atoms with van der Waals surface area (Å²) in [5, 5.41) is 14.8. The average molecular weight is 349 g/mol. The molecule has 0 amide bonds. The van der Waals surface area contributed by atoms with Crippen molar-refractivity contribution in [1.82, 2.24) is 14.6 Å². The molecule has 0 aliphatic rings. The SMILES string of the molecule is Cc1nn2ccccc2c1-c1nc(Cc2ccccc2)c(C(=O)O)s1. The number of aromatic carboxylic acids is 1. The van der Waals surface area contributed by atoms with Gasteiger partial charge in [-0.3, -0.25) is 0 Å². The van der Waals surface area contributed by atoms with Crippen molar-refractivity contribution in [3.63, 3.8) is 0 Å². The molecule has 6 heteroatoms. The molecular weight excluding hydrogens is 334 g/mol. The van der Waals surface area contributed by atoms with Crippen LogP contribution < -0.4 is 0 Å². The number of pyridine rings is 1. The average Bonchev–Trinajstić information content (AvgIpc) is 3.15. The van der Waals surface area contributed by atoms with E-state index in [1.165, 1.54) is 11.3 Å². The van der Waals surface area contributed by atoms with E-state index in [0.717, 1.165) is 22.3 Å². The van der Waals surface area contributed by atoms with Crippen LogP contribution in [0.2, 0.25) is 0 Å². The summed E-state index contributed by atoms with van der Waals surface area (Å²) < 4.78 is 1.80. The number of aromatic nitrogens is 3. The molecule has 0 saturated heterocycles. The number of nitrogens with zero attached hydrogens (tertiary/aromatic N) is 3. The zero-order valence-corrected chi connectivity index (χ0v) is 14.3. The number of benzene rings is 1. The fourth-order valence-corrected chi connectivity index (χ4v) is 3.94. The van der Waals surface area contributed by atoms with Crippen molar-refractivity contribution in [2.24, 2.45) is 0 Å². The van der Waals surface area contributed by atoms with Crippen LogP contribution >= 0.6 is 11.3 Å². The molecule has 0 aliphatic carbocycles. The molecule has 4 aromatic rings. The largest absolute Gasteiger partial charge is 0.477 e. The minimum absolute atomic E-state index is 0.286. The van der Waals surface area contributed by atoms with Gasteiger partial charge in [0.15, 0.2) is 0 Å². The predicted octanol–water partition coefficient (Wildman–Crippen LogP) is 4.06. The summed E-state index contributed by atoms with van der Waals surface area (Å²) >= 11 is 1.21. The minimum Gasteiger partial charge on any atom is -0.477 e. The van der Waals surface area contributed by atoms with Gasteiger partial charge in [0, 0.05) is 12.6 Å². The molecule has 0 fully saturated rings. The van der Waals surface area contributed by atoms with Crippen LogP contribution in [-0.2, 0) is 6.42 Å². The van der Waals surface area contributed by atoms with Crippen molar-refractivity contribution in [2.45, 2.75) is 13.3 Å². The summed E-state index contributed by atoms with van der Waals surface area (Å²) in [5.74, 6) is -0.941. The molecule has 0 bridgehead atoms. The Bertz CT molecular complexity index is 1070. The molecule has 0 atom stereocenters. The van der Waals surface area contributed by atoms with E-state index in [1.807, 2.05) is 61.7 Å². The maximum atomic E-state index is 11.7. The molecule has 0 spiro atoms. The monoisotopic (exact) mass is 349 g/mol. The number of carbonyl (C=O) groups is 1. The third-order valence-corrected chi connectivity index (χ3v) is 5.14. The first-order valence-corrected chi connectivity index (χ1v) is 8.66. The van der Waals surface area contributed by atoms with Crippen molar-refractivity contribution in [2.75, 3.05) is 0 Å². The first kappa shape index (κ1) is 15.5. The maximum absolute atomic E-state index is 11.7. The van der Waals surface area contributed by atoms with Gasteiger partial charge in [0.1, 0.15) is 9.88 Å². The van der Waals surface area contributed by atoms with Gasteiger partial charge in [-0.2, -0.15) is 5.10 Å². The molecule has 3 heterocycles. The molecule has 3 aromatic heterocycles. The van der Waals surface area contributed by atoms with Crippen LogP contribution in [0.3, 0.4) is 0 Å². The van der Waals surface area contributed by atoms with E-state index in [0.29, 0.717) is 17.1 Å². The first-order valence-electron chi connectivity index (χ1n) is 7.85. The van der Waals surface area contributed by atoms with E-state index in [4.69, 9.17) is 0 Å². The predicted molar refractivity (Wildman–Crippen MR) is 97.2 cm³/mol. The van der Waals surface area contributed by atoms with Crippen LogP contribution in [0.15, 0.2) is 54.7 Å². The van der Waals surface area contributed by atoms with Gasteiger partial charge in [-0.15, -0.1) is 11.3 Å². The second-order valence-corrected chi connectivity index (χ2v) is 6.75. The van der Waals surface area contributed by atoms with Crippen molar-refractivity contribution >= 4 is 22.8 Å². The lowest BCUT2D eigenvalue weighted by Crippen LogP contribution is -1.99. The van der Waals surface area contributed by atoms with Gasteiger partial charge in [-0.25, -0.2) is 14.3 Å². The first-order chi connectivity index (χ1) is 12.1. The highest BCUT2D eigenvalue weighted by Gasteiger charge is 2.22. The molecule has 124 valence electrons. The lowest BCUT2D eigenvalue weighted by atomic mass is 10.1. The van der Waals surface area contributed by atoms with Crippen LogP contribution in [0.5, 0.6) is 0 Å². The standard InChI is InChI=1S/C19H15N3O2S/c1-12-16(15-9-5-6-10-22(15)21-12)18-20-14(17(25-18)19(23)24)11-13-7-3-2-4-8-13/h2-10H,11H2,1H3,(H,23,24). The third kappa shape index (κ3) is 2.81. The number of thiazole rings is 1. The molecule has 25 heavy (non-hydrogen) atoms. The fourth-order valence-electron chi connectivity index (χ4n) is 2.92. The topological polar surface area (TPSA) is 67.5 Å². The highest BCUT2D eigenvalue weighted by molar-refractivity contribution is 7.17. The van der Waals surface area contributed by atoms with Crippen molar-refractivity contribution in [1.29, 1.82) is 0 Å². The molecule has 1 aromatic carbocycles. The quantitative estimate of drug-likeness (QED) is 0.603. The number of hydrogen-bond donors (Lipinski definition) is 1. The van der Waals surface area contributed by atoms with Gasteiger partial charge >= 0.3 is 5.97 Å². The summed E-state index contributed by atoms with van der Waals surface area (Å²) in [6, 6.07) is 15.6. The molecule has 0 unspecified atom stereocenters. The molecule has 4 rings (SSSR count). The molecule has 1 N–H and O–H groups in total. The van der Waals surface area contributed by atoms with E-state index in [2.05, 4.69) is 10.1 Å². The lowest BCUT2D eigenvalue weighted by molar-refractivity contribution is 0.0701. The number of carboxylic acid groups (broad SMARTS) is 1. The van der Waals surface area contributed by atoms with Crippen LogP contribution in [-0.4, -0.2) is 25.7 Å². The number of hydrogen-bond acceptors (Lipinski definition) is 4. The summed E-state index contributed by atoms with van der Waals surface area (Å²) in [6.07, 6.45) is 2.37. The lowest BCUT2D eigenvalue weighted by Gasteiger charge is -1.99. The normalized spacial score (nSPS) is 11.1. The van der Waals surface area contributed by atoms with Crippen molar-refractivity contribution in [3.8, 4) is 10.6 Å². The Balaban J connectivity index is 1.84. The van der Waals surface area contributed by atoms with Gasteiger partial charge in [-0.1, -0.05) is 36.4 Å². The maximum Gasteiger partial charge on any atom is 0.347 e. The molecule has 0 saturated carbocycles. The Morgan fingerprint density at radius 2 is 1.92 bits per heavy atom. The molecular formula is C19H15N3O2S. The highest BCUT2D eigenvalue weighted by Crippen LogP contribution is 2.34. The van der Waals surface area contributed by atoms with Gasteiger partial charge in [-0.05, 0) is 24.6 Å². The molecule has 0 aliphatic heterocycles. The van der Waals surface area contributed by atoms with E-state index in [9.17, 15) is 9.90 Å². The number of aryl methyl sites for hydroxylation is 1. The zero-order valence-electron chi connectivity index (χ0n) is 13.5. The van der Waals surface area contributed by atoms with Gasteiger partial charge in [0.2, 0.25) is 0 Å².